The van der Waals surface area contributed by atoms with Gasteiger partial charge in [-0.1, -0.05) is 0 Å². The monoisotopic (exact) mass is 225 g/mol. The second kappa shape index (κ2) is 4.70. The van der Waals surface area contributed by atoms with E-state index in [9.17, 15) is 4.39 Å². The fourth-order valence-electron chi connectivity index (χ4n) is 2.18. The largest absolute Gasteiger partial charge is 0.493 e. The Bertz CT molecular complexity index is 376. The van der Waals surface area contributed by atoms with Gasteiger partial charge in [-0.3, -0.25) is 0 Å². The van der Waals surface area contributed by atoms with Crippen molar-refractivity contribution in [2.45, 2.75) is 12.3 Å². The van der Waals surface area contributed by atoms with Gasteiger partial charge in [-0.15, -0.1) is 0 Å². The minimum absolute atomic E-state index is 0.278. The highest BCUT2D eigenvalue weighted by Crippen LogP contribution is 2.38. The van der Waals surface area contributed by atoms with Crippen molar-refractivity contribution >= 4 is 0 Å². The third-order valence-electron chi connectivity index (χ3n) is 2.97. The van der Waals surface area contributed by atoms with E-state index in [0.717, 1.165) is 25.1 Å². The van der Waals surface area contributed by atoms with Crippen molar-refractivity contribution in [2.24, 2.45) is 0 Å². The molecule has 0 bridgehead atoms. The van der Waals surface area contributed by atoms with Gasteiger partial charge in [0.05, 0.1) is 14.2 Å². The van der Waals surface area contributed by atoms with E-state index in [0.29, 0.717) is 17.4 Å². The first-order valence-corrected chi connectivity index (χ1v) is 5.38. The number of rotatable bonds is 3. The molecular formula is C12H16FNO2. The maximum absolute atomic E-state index is 13.4. The molecule has 1 aliphatic heterocycles. The second-order valence-corrected chi connectivity index (χ2v) is 3.92. The average molecular weight is 225 g/mol. The number of ether oxygens (including phenoxy) is 2. The molecule has 0 aromatic heterocycles. The molecule has 1 unspecified atom stereocenters. The Morgan fingerprint density at radius 2 is 2.12 bits per heavy atom. The van der Waals surface area contributed by atoms with Crippen molar-refractivity contribution in [1.82, 2.24) is 5.32 Å². The Hall–Kier alpha value is -1.29. The fourth-order valence-corrected chi connectivity index (χ4v) is 2.18. The van der Waals surface area contributed by atoms with Crippen molar-refractivity contribution in [1.29, 1.82) is 0 Å². The Morgan fingerprint density at radius 1 is 1.31 bits per heavy atom. The highest BCUT2D eigenvalue weighted by atomic mass is 19.1. The van der Waals surface area contributed by atoms with Crippen LogP contribution in [0.15, 0.2) is 12.1 Å². The summed E-state index contributed by atoms with van der Waals surface area (Å²) >= 11 is 0. The van der Waals surface area contributed by atoms with Crippen LogP contribution in [0.5, 0.6) is 11.5 Å². The van der Waals surface area contributed by atoms with Gasteiger partial charge in [-0.05, 0) is 19.0 Å². The van der Waals surface area contributed by atoms with Crippen molar-refractivity contribution in [3.8, 4) is 11.5 Å². The summed E-state index contributed by atoms with van der Waals surface area (Å²) in [5, 5.41) is 3.26. The predicted molar refractivity (Wildman–Crippen MR) is 59.7 cm³/mol. The molecule has 1 aliphatic rings. The van der Waals surface area contributed by atoms with Gasteiger partial charge in [0.1, 0.15) is 5.82 Å². The van der Waals surface area contributed by atoms with E-state index in [2.05, 4.69) is 5.32 Å². The number of nitrogens with one attached hydrogen (secondary N) is 1. The first-order chi connectivity index (χ1) is 7.76. The van der Waals surface area contributed by atoms with Crippen LogP contribution in [0.1, 0.15) is 17.9 Å². The SMILES string of the molecule is COc1cc(F)cc(C2CCNC2)c1OC. The van der Waals surface area contributed by atoms with Gasteiger partial charge in [0.2, 0.25) is 0 Å². The van der Waals surface area contributed by atoms with Crippen molar-refractivity contribution < 1.29 is 13.9 Å². The molecule has 0 radical (unpaired) electrons. The van der Waals surface area contributed by atoms with E-state index in [1.807, 2.05) is 0 Å². The molecule has 0 saturated carbocycles. The number of halogens is 1. The van der Waals surface area contributed by atoms with Gasteiger partial charge >= 0.3 is 0 Å². The van der Waals surface area contributed by atoms with E-state index in [-0.39, 0.29) is 5.82 Å². The van der Waals surface area contributed by atoms with E-state index in [4.69, 9.17) is 9.47 Å². The molecule has 1 saturated heterocycles. The van der Waals surface area contributed by atoms with E-state index >= 15 is 0 Å². The van der Waals surface area contributed by atoms with Gasteiger partial charge in [0.25, 0.3) is 0 Å². The zero-order valence-electron chi connectivity index (χ0n) is 9.55. The highest BCUT2D eigenvalue weighted by molar-refractivity contribution is 5.49. The first kappa shape index (κ1) is 11.2. The Balaban J connectivity index is 2.44. The molecule has 1 aromatic rings. The van der Waals surface area contributed by atoms with Crippen LogP contribution in [0.25, 0.3) is 0 Å². The van der Waals surface area contributed by atoms with E-state index in [1.165, 1.54) is 13.2 Å². The van der Waals surface area contributed by atoms with Gasteiger partial charge in [0.15, 0.2) is 11.5 Å². The standard InChI is InChI=1S/C12H16FNO2/c1-15-11-6-9(13)5-10(12(11)16-2)8-3-4-14-7-8/h5-6,8,14H,3-4,7H2,1-2H3. The lowest BCUT2D eigenvalue weighted by molar-refractivity contribution is 0.347. The molecule has 88 valence electrons. The van der Waals surface area contributed by atoms with Crippen LogP contribution < -0.4 is 14.8 Å². The van der Waals surface area contributed by atoms with Gasteiger partial charge in [0, 0.05) is 24.1 Å². The van der Waals surface area contributed by atoms with Gasteiger partial charge < -0.3 is 14.8 Å². The minimum atomic E-state index is -0.278. The zero-order valence-corrected chi connectivity index (χ0v) is 9.55. The normalized spacial score (nSPS) is 19.8. The number of benzene rings is 1. The number of methoxy groups -OCH3 is 2. The molecule has 3 nitrogen and oxygen atoms in total. The molecule has 4 heteroatoms. The molecule has 1 aromatic carbocycles. The fraction of sp³-hybridized carbons (Fsp3) is 0.500. The van der Waals surface area contributed by atoms with Crippen LogP contribution in [-0.2, 0) is 0 Å². The lowest BCUT2D eigenvalue weighted by Crippen LogP contribution is -2.09. The topological polar surface area (TPSA) is 30.5 Å². The van der Waals surface area contributed by atoms with Crippen LogP contribution in [0, 0.1) is 5.82 Å². The van der Waals surface area contributed by atoms with Crippen LogP contribution in [0.3, 0.4) is 0 Å². The maximum atomic E-state index is 13.4. The molecule has 2 rings (SSSR count). The lowest BCUT2D eigenvalue weighted by Gasteiger charge is -2.16. The molecule has 1 fully saturated rings. The second-order valence-electron chi connectivity index (χ2n) is 3.92. The van der Waals surface area contributed by atoms with Gasteiger partial charge in [-0.25, -0.2) is 4.39 Å². The Morgan fingerprint density at radius 3 is 2.69 bits per heavy atom. The molecule has 0 amide bonds. The summed E-state index contributed by atoms with van der Waals surface area (Å²) < 4.78 is 23.9. The summed E-state index contributed by atoms with van der Waals surface area (Å²) in [7, 11) is 3.11. The third kappa shape index (κ3) is 1.97. The zero-order chi connectivity index (χ0) is 11.5. The lowest BCUT2D eigenvalue weighted by atomic mass is 9.97. The third-order valence-corrected chi connectivity index (χ3v) is 2.97. The van der Waals surface area contributed by atoms with E-state index < -0.39 is 0 Å². The van der Waals surface area contributed by atoms with Crippen LogP contribution in [0.2, 0.25) is 0 Å². The summed E-state index contributed by atoms with van der Waals surface area (Å²) in [6, 6.07) is 2.89. The summed E-state index contributed by atoms with van der Waals surface area (Å²) in [6.07, 6.45) is 1.00. The number of hydrogen-bond donors (Lipinski definition) is 1. The average Bonchev–Trinajstić information content (AvgIpc) is 2.81. The summed E-state index contributed by atoms with van der Waals surface area (Å²) in [6.45, 7) is 1.83. The minimum Gasteiger partial charge on any atom is -0.493 e. The summed E-state index contributed by atoms with van der Waals surface area (Å²) in [5.74, 6) is 1.14. The molecular weight excluding hydrogens is 209 g/mol. The molecule has 0 spiro atoms. The summed E-state index contributed by atoms with van der Waals surface area (Å²) in [4.78, 5) is 0. The van der Waals surface area contributed by atoms with Crippen LogP contribution in [-0.4, -0.2) is 27.3 Å². The highest BCUT2D eigenvalue weighted by Gasteiger charge is 2.23. The van der Waals surface area contributed by atoms with Crippen molar-refractivity contribution in [3.05, 3.63) is 23.5 Å². The Labute approximate surface area is 94.6 Å². The Kier molecular flexibility index (Phi) is 3.29. The summed E-state index contributed by atoms with van der Waals surface area (Å²) in [5.41, 5.74) is 0.893. The van der Waals surface area contributed by atoms with Gasteiger partial charge in [-0.2, -0.15) is 0 Å². The molecule has 16 heavy (non-hydrogen) atoms. The van der Waals surface area contributed by atoms with Crippen LogP contribution in [0.4, 0.5) is 4.39 Å². The van der Waals surface area contributed by atoms with E-state index in [1.54, 1.807) is 13.2 Å². The molecule has 1 atom stereocenters. The molecule has 1 heterocycles. The van der Waals surface area contributed by atoms with Crippen molar-refractivity contribution in [3.63, 3.8) is 0 Å². The molecule has 0 aliphatic carbocycles. The molecule has 1 N–H and O–H groups in total. The predicted octanol–water partition coefficient (Wildman–Crippen LogP) is 1.92. The smallest absolute Gasteiger partial charge is 0.164 e. The quantitative estimate of drug-likeness (QED) is 0.852. The first-order valence-electron chi connectivity index (χ1n) is 5.38. The number of hydrogen-bond acceptors (Lipinski definition) is 3. The van der Waals surface area contributed by atoms with Crippen molar-refractivity contribution in [2.75, 3.05) is 27.3 Å². The maximum Gasteiger partial charge on any atom is 0.164 e. The van der Waals surface area contributed by atoms with Crippen LogP contribution >= 0.6 is 0 Å².